The minimum atomic E-state index is -5.93. The second kappa shape index (κ2) is 7.24. The van der Waals surface area contributed by atoms with Gasteiger partial charge in [-0.15, -0.1) is 0 Å². The predicted molar refractivity (Wildman–Crippen MR) is 89.8 cm³/mol. The minimum absolute atomic E-state index is 0.429. The van der Waals surface area contributed by atoms with Crippen molar-refractivity contribution < 1.29 is 54.6 Å². The number of carbonyl (C=O) groups excluding carboxylic acids is 3. The summed E-state index contributed by atoms with van der Waals surface area (Å²) in [4.78, 5) is 37.8. The third-order valence-electron chi connectivity index (χ3n) is 4.63. The first kappa shape index (κ1) is 23.1. The quantitative estimate of drug-likeness (QED) is 0.522. The van der Waals surface area contributed by atoms with Crippen LogP contribution in [0.2, 0.25) is 0 Å². The summed E-state index contributed by atoms with van der Waals surface area (Å²) >= 11 is 0. The molecule has 1 atom stereocenters. The third-order valence-corrected chi connectivity index (χ3v) is 4.63. The minimum Gasteiger partial charge on any atom is -0.462 e. The van der Waals surface area contributed by atoms with Crippen LogP contribution >= 0.6 is 0 Å². The highest BCUT2D eigenvalue weighted by Crippen LogP contribution is 2.55. The van der Waals surface area contributed by atoms with Crippen LogP contribution in [0.5, 0.6) is 0 Å². The van der Waals surface area contributed by atoms with E-state index in [9.17, 15) is 45.1 Å². The zero-order chi connectivity index (χ0) is 24.2. The maximum Gasteiger partial charge on any atom is 0.454 e. The van der Waals surface area contributed by atoms with Gasteiger partial charge in [0.2, 0.25) is 17.5 Å². The highest BCUT2D eigenvalue weighted by atomic mass is 19.4. The number of hydrogen-bond donors (Lipinski definition) is 2. The number of nitrogens with two attached hydrogens (primary N) is 1. The number of benzene rings is 1. The molecule has 2 aliphatic heterocycles. The Morgan fingerprint density at radius 1 is 1.16 bits per heavy atom. The molecule has 0 bridgehead atoms. The number of ether oxygens (including phenoxy) is 2. The monoisotopic (exact) mass is 468 g/mol. The SMILES string of the molecule is CCOC(=O)C1=C(N)OC(C(F)(F)F)=C(C(=O)C(F)(F)F)C12C(=O)Nc1cc(F)ccc12. The number of rotatable bonds is 3. The van der Waals surface area contributed by atoms with Gasteiger partial charge in [-0.1, -0.05) is 6.07 Å². The summed E-state index contributed by atoms with van der Waals surface area (Å²) in [5, 5.41) is 1.90. The molecule has 0 fully saturated rings. The van der Waals surface area contributed by atoms with E-state index in [1.807, 2.05) is 5.32 Å². The molecule has 0 saturated heterocycles. The van der Waals surface area contributed by atoms with Crippen molar-refractivity contribution in [1.82, 2.24) is 0 Å². The number of allylic oxidation sites excluding steroid dienone is 1. The van der Waals surface area contributed by atoms with E-state index in [1.54, 1.807) is 0 Å². The summed E-state index contributed by atoms with van der Waals surface area (Å²) in [5.41, 5.74) is -2.81. The molecule has 0 saturated carbocycles. The van der Waals surface area contributed by atoms with Gasteiger partial charge < -0.3 is 20.5 Å². The van der Waals surface area contributed by atoms with E-state index in [-0.39, 0.29) is 0 Å². The molecule has 2 heterocycles. The van der Waals surface area contributed by atoms with Gasteiger partial charge in [0.25, 0.3) is 5.78 Å². The first-order valence-corrected chi connectivity index (χ1v) is 8.57. The molecule has 172 valence electrons. The number of nitrogens with one attached hydrogen (secondary N) is 1. The molecule has 1 unspecified atom stereocenters. The average molecular weight is 468 g/mol. The molecule has 3 N–H and O–H groups in total. The molecule has 0 aliphatic carbocycles. The van der Waals surface area contributed by atoms with Crippen molar-refractivity contribution in [3.05, 3.63) is 52.4 Å². The maximum atomic E-state index is 13.7. The number of Topliss-reactive ketones (excluding diaryl/α,β-unsaturated/α-hetero) is 1. The van der Waals surface area contributed by atoms with Crippen LogP contribution in [0.15, 0.2) is 41.0 Å². The normalized spacial score (nSPS) is 20.8. The Hall–Kier alpha value is -3.58. The topological polar surface area (TPSA) is 108 Å². The number of ketones is 1. The molecule has 1 aromatic rings. The van der Waals surface area contributed by atoms with Gasteiger partial charge in [-0.25, -0.2) is 9.18 Å². The molecular weight excluding hydrogens is 457 g/mol. The van der Waals surface area contributed by atoms with Crippen molar-refractivity contribution in [3.8, 4) is 0 Å². The Bertz CT molecular complexity index is 1100. The molecule has 1 amide bonds. The molecule has 2 aliphatic rings. The smallest absolute Gasteiger partial charge is 0.454 e. The molecule has 3 rings (SSSR count). The summed E-state index contributed by atoms with van der Waals surface area (Å²) in [5.74, 6) is -11.4. The van der Waals surface area contributed by atoms with Crippen molar-refractivity contribution in [1.29, 1.82) is 0 Å². The molecule has 1 aromatic carbocycles. The number of alkyl halides is 6. The lowest BCUT2D eigenvalue weighted by Gasteiger charge is -2.37. The number of hydrogen-bond acceptors (Lipinski definition) is 6. The molecule has 14 heteroatoms. The number of fused-ring (bicyclic) bond motifs is 2. The van der Waals surface area contributed by atoms with E-state index >= 15 is 0 Å². The lowest BCUT2D eigenvalue weighted by Crippen LogP contribution is -2.51. The number of amides is 1. The zero-order valence-electron chi connectivity index (χ0n) is 15.7. The maximum absolute atomic E-state index is 13.7. The summed E-state index contributed by atoms with van der Waals surface area (Å²) in [6.45, 7) is 0.823. The Morgan fingerprint density at radius 2 is 1.78 bits per heavy atom. The fourth-order valence-electron chi connectivity index (χ4n) is 3.55. The van der Waals surface area contributed by atoms with E-state index in [1.165, 1.54) is 6.92 Å². The first-order chi connectivity index (χ1) is 14.7. The number of esters is 1. The van der Waals surface area contributed by atoms with Crippen LogP contribution in [0.25, 0.3) is 0 Å². The van der Waals surface area contributed by atoms with Gasteiger partial charge in [0.05, 0.1) is 12.2 Å². The van der Waals surface area contributed by atoms with Crippen molar-refractivity contribution in [2.24, 2.45) is 5.73 Å². The molecular formula is C18H11F7N2O5. The Balaban J connectivity index is 2.54. The first-order valence-electron chi connectivity index (χ1n) is 8.57. The van der Waals surface area contributed by atoms with Crippen LogP contribution in [0.4, 0.5) is 36.4 Å². The zero-order valence-corrected chi connectivity index (χ0v) is 15.7. The van der Waals surface area contributed by atoms with Gasteiger partial charge in [-0.05, 0) is 19.1 Å². The fraction of sp³-hybridized carbons (Fsp3) is 0.278. The van der Waals surface area contributed by atoms with Crippen LogP contribution < -0.4 is 11.1 Å². The van der Waals surface area contributed by atoms with E-state index in [0.29, 0.717) is 18.2 Å². The van der Waals surface area contributed by atoms with Crippen LogP contribution in [0.3, 0.4) is 0 Å². The highest BCUT2D eigenvalue weighted by molar-refractivity contribution is 6.23. The summed E-state index contributed by atoms with van der Waals surface area (Å²) in [6, 6.07) is 1.84. The van der Waals surface area contributed by atoms with Gasteiger partial charge in [-0.3, -0.25) is 9.59 Å². The van der Waals surface area contributed by atoms with Gasteiger partial charge in [0, 0.05) is 11.3 Å². The van der Waals surface area contributed by atoms with Gasteiger partial charge >= 0.3 is 18.3 Å². The van der Waals surface area contributed by atoms with Gasteiger partial charge in [-0.2, -0.15) is 26.3 Å². The van der Waals surface area contributed by atoms with Crippen LogP contribution in [0, 0.1) is 5.82 Å². The number of anilines is 1. The van der Waals surface area contributed by atoms with E-state index in [2.05, 4.69) is 9.47 Å². The molecule has 1 spiro atoms. The van der Waals surface area contributed by atoms with Crippen molar-refractivity contribution in [2.45, 2.75) is 24.7 Å². The third kappa shape index (κ3) is 3.26. The summed E-state index contributed by atoms with van der Waals surface area (Å²) < 4.78 is 104. The van der Waals surface area contributed by atoms with Gasteiger partial charge in [0.15, 0.2) is 0 Å². The highest BCUT2D eigenvalue weighted by Gasteiger charge is 2.67. The molecule has 0 radical (unpaired) electrons. The average Bonchev–Trinajstić information content (AvgIpc) is 2.91. The fourth-order valence-corrected chi connectivity index (χ4v) is 3.55. The van der Waals surface area contributed by atoms with Crippen molar-refractivity contribution in [3.63, 3.8) is 0 Å². The lowest BCUT2D eigenvalue weighted by atomic mass is 9.66. The van der Waals surface area contributed by atoms with E-state index in [4.69, 9.17) is 5.73 Å². The van der Waals surface area contributed by atoms with Crippen LogP contribution in [-0.2, 0) is 29.3 Å². The van der Waals surface area contributed by atoms with Crippen LogP contribution in [-0.4, -0.2) is 36.6 Å². The second-order valence-electron chi connectivity index (χ2n) is 6.48. The predicted octanol–water partition coefficient (Wildman–Crippen LogP) is 2.73. The number of halogens is 7. The summed E-state index contributed by atoms with van der Waals surface area (Å²) in [7, 11) is 0. The van der Waals surface area contributed by atoms with Gasteiger partial charge in [0.1, 0.15) is 16.8 Å². The van der Waals surface area contributed by atoms with E-state index in [0.717, 1.165) is 0 Å². The lowest BCUT2D eigenvalue weighted by molar-refractivity contribution is -0.170. The van der Waals surface area contributed by atoms with Crippen molar-refractivity contribution in [2.75, 3.05) is 11.9 Å². The molecule has 0 aromatic heterocycles. The van der Waals surface area contributed by atoms with Crippen LogP contribution in [0.1, 0.15) is 12.5 Å². The van der Waals surface area contributed by atoms with Crippen molar-refractivity contribution >= 4 is 23.3 Å². The Morgan fingerprint density at radius 3 is 2.31 bits per heavy atom. The largest absolute Gasteiger partial charge is 0.462 e. The standard InChI is InChI=1S/C18H11F7N2O5/c1-2-31-14(29)10-13(26)32-12(18(23,24)25)9(11(28)17(20,21)22)16(10)7-4-3-6(19)5-8(7)27-15(16)30/h3-5H,2,26H2,1H3,(H,27,30). The Labute approximate surface area is 173 Å². The molecule has 32 heavy (non-hydrogen) atoms. The van der Waals surface area contributed by atoms with E-state index < -0.39 is 81.9 Å². The molecule has 7 nitrogen and oxygen atoms in total. The number of carbonyl (C=O) groups is 3. The Kier molecular flexibility index (Phi) is 5.22. The summed E-state index contributed by atoms with van der Waals surface area (Å²) in [6.07, 6.45) is -11.7. The second-order valence-corrected chi connectivity index (χ2v) is 6.48.